The number of aromatic nitrogens is 2. The summed E-state index contributed by atoms with van der Waals surface area (Å²) >= 11 is 0. The van der Waals surface area contributed by atoms with E-state index < -0.39 is 11.8 Å². The molecule has 0 amide bonds. The third-order valence-corrected chi connectivity index (χ3v) is 1.48. The maximum Gasteiger partial charge on any atom is 0.377 e. The highest BCUT2D eigenvalue weighted by Gasteiger charge is 2.14. The molecular formula is C8H8N2O3. The Labute approximate surface area is 74.4 Å². The molecule has 68 valence electrons. The van der Waals surface area contributed by atoms with Crippen LogP contribution in [0.1, 0.15) is 23.1 Å². The summed E-state index contributed by atoms with van der Waals surface area (Å²) < 4.78 is 0. The molecule has 0 aliphatic heterocycles. The van der Waals surface area contributed by atoms with E-state index >= 15 is 0 Å². The Balaban J connectivity index is 2.92. The van der Waals surface area contributed by atoms with Gasteiger partial charge in [0.05, 0.1) is 5.56 Å². The van der Waals surface area contributed by atoms with Crippen molar-refractivity contribution in [2.75, 3.05) is 0 Å². The van der Waals surface area contributed by atoms with E-state index in [9.17, 15) is 9.59 Å². The van der Waals surface area contributed by atoms with Crippen LogP contribution in [0.25, 0.3) is 0 Å². The SMILES string of the molecule is CCc1ncc(C(=O)C(=O)O)cn1. The van der Waals surface area contributed by atoms with Gasteiger partial charge in [-0.25, -0.2) is 14.8 Å². The fourth-order valence-corrected chi connectivity index (χ4v) is 0.778. The number of Topliss-reactive ketones (excluding diaryl/α,β-unsaturated/α-hetero) is 1. The minimum absolute atomic E-state index is 0.00435. The van der Waals surface area contributed by atoms with Crippen LogP contribution in [0.2, 0.25) is 0 Å². The lowest BCUT2D eigenvalue weighted by Gasteiger charge is -1.96. The highest BCUT2D eigenvalue weighted by molar-refractivity contribution is 6.39. The van der Waals surface area contributed by atoms with Crippen molar-refractivity contribution in [1.29, 1.82) is 0 Å². The molecule has 0 atom stereocenters. The molecule has 0 aliphatic rings. The summed E-state index contributed by atoms with van der Waals surface area (Å²) in [5.41, 5.74) is 0.00435. The van der Waals surface area contributed by atoms with Gasteiger partial charge in [0.25, 0.3) is 5.78 Å². The van der Waals surface area contributed by atoms with Gasteiger partial charge in [-0.05, 0) is 0 Å². The van der Waals surface area contributed by atoms with E-state index in [-0.39, 0.29) is 5.56 Å². The third-order valence-electron chi connectivity index (χ3n) is 1.48. The highest BCUT2D eigenvalue weighted by Crippen LogP contribution is 1.98. The quantitative estimate of drug-likeness (QED) is 0.534. The molecule has 13 heavy (non-hydrogen) atoms. The van der Waals surface area contributed by atoms with E-state index in [2.05, 4.69) is 9.97 Å². The summed E-state index contributed by atoms with van der Waals surface area (Å²) in [5.74, 6) is -1.89. The number of aryl methyl sites for hydroxylation is 1. The van der Waals surface area contributed by atoms with Gasteiger partial charge in [-0.15, -0.1) is 0 Å². The van der Waals surface area contributed by atoms with Crippen molar-refractivity contribution in [3.63, 3.8) is 0 Å². The summed E-state index contributed by atoms with van der Waals surface area (Å²) in [4.78, 5) is 28.7. The molecule has 0 saturated carbocycles. The summed E-state index contributed by atoms with van der Waals surface area (Å²) in [6.07, 6.45) is 3.10. The van der Waals surface area contributed by atoms with Gasteiger partial charge >= 0.3 is 5.97 Å². The van der Waals surface area contributed by atoms with Crippen molar-refractivity contribution in [1.82, 2.24) is 9.97 Å². The molecule has 0 fully saturated rings. The second kappa shape index (κ2) is 3.75. The lowest BCUT2D eigenvalue weighted by atomic mass is 10.2. The van der Waals surface area contributed by atoms with E-state index in [0.717, 1.165) is 0 Å². The number of nitrogens with zero attached hydrogens (tertiary/aromatic N) is 2. The maximum absolute atomic E-state index is 10.9. The van der Waals surface area contributed by atoms with E-state index in [4.69, 9.17) is 5.11 Å². The summed E-state index contributed by atoms with van der Waals surface area (Å²) in [6.45, 7) is 1.87. The van der Waals surface area contributed by atoms with Gasteiger partial charge in [-0.2, -0.15) is 0 Å². The van der Waals surface area contributed by atoms with Gasteiger partial charge < -0.3 is 5.11 Å². The van der Waals surface area contributed by atoms with Crippen LogP contribution in [-0.2, 0) is 11.2 Å². The number of aliphatic carboxylic acids is 1. The normalized spacial score (nSPS) is 9.62. The number of ketones is 1. The molecule has 1 aromatic heterocycles. The standard InChI is InChI=1S/C8H8N2O3/c1-2-6-9-3-5(4-10-6)7(11)8(12)13/h3-4H,2H2,1H3,(H,12,13). The molecule has 5 heteroatoms. The van der Waals surface area contributed by atoms with Crippen molar-refractivity contribution in [2.45, 2.75) is 13.3 Å². The van der Waals surface area contributed by atoms with Crippen molar-refractivity contribution in [2.24, 2.45) is 0 Å². The van der Waals surface area contributed by atoms with Crippen molar-refractivity contribution < 1.29 is 14.7 Å². The molecular weight excluding hydrogens is 172 g/mol. The number of carbonyl (C=O) groups is 2. The Bertz CT molecular complexity index is 332. The van der Waals surface area contributed by atoms with Crippen LogP contribution in [0.5, 0.6) is 0 Å². The predicted molar refractivity (Wildman–Crippen MR) is 43.4 cm³/mol. The first kappa shape index (κ1) is 9.31. The number of hydrogen-bond acceptors (Lipinski definition) is 4. The van der Waals surface area contributed by atoms with Crippen molar-refractivity contribution in [3.05, 3.63) is 23.8 Å². The molecule has 0 radical (unpaired) electrons. The largest absolute Gasteiger partial charge is 0.475 e. The average molecular weight is 180 g/mol. The van der Waals surface area contributed by atoms with Crippen molar-refractivity contribution in [3.8, 4) is 0 Å². The van der Waals surface area contributed by atoms with E-state index in [0.29, 0.717) is 12.2 Å². The van der Waals surface area contributed by atoms with Crippen LogP contribution in [0, 0.1) is 0 Å². The Morgan fingerprint density at radius 1 is 1.38 bits per heavy atom. The zero-order valence-electron chi connectivity index (χ0n) is 7.02. The first-order valence-corrected chi connectivity index (χ1v) is 3.73. The van der Waals surface area contributed by atoms with E-state index in [1.807, 2.05) is 6.92 Å². The molecule has 1 heterocycles. The summed E-state index contributed by atoms with van der Waals surface area (Å²) in [7, 11) is 0. The number of carbonyl (C=O) groups excluding carboxylic acids is 1. The molecule has 0 bridgehead atoms. The number of carboxylic acid groups (broad SMARTS) is 1. The van der Waals surface area contributed by atoms with Crippen LogP contribution in [0.15, 0.2) is 12.4 Å². The molecule has 1 rings (SSSR count). The Hall–Kier alpha value is -1.78. The van der Waals surface area contributed by atoms with Crippen LogP contribution in [-0.4, -0.2) is 26.8 Å². The van der Waals surface area contributed by atoms with Gasteiger partial charge in [0.2, 0.25) is 0 Å². The minimum atomic E-state index is -1.49. The Morgan fingerprint density at radius 2 is 1.92 bits per heavy atom. The number of rotatable bonds is 3. The lowest BCUT2D eigenvalue weighted by molar-refractivity contribution is -0.131. The molecule has 0 aromatic carbocycles. The molecule has 1 aromatic rings. The minimum Gasteiger partial charge on any atom is -0.475 e. The fraction of sp³-hybridized carbons (Fsp3) is 0.250. The van der Waals surface area contributed by atoms with Crippen LogP contribution < -0.4 is 0 Å². The smallest absolute Gasteiger partial charge is 0.377 e. The number of carboxylic acids is 1. The first-order valence-electron chi connectivity index (χ1n) is 3.73. The van der Waals surface area contributed by atoms with Crippen LogP contribution in [0.4, 0.5) is 0 Å². The van der Waals surface area contributed by atoms with Crippen LogP contribution in [0.3, 0.4) is 0 Å². The second-order valence-electron chi connectivity index (χ2n) is 2.38. The van der Waals surface area contributed by atoms with E-state index in [1.165, 1.54) is 12.4 Å². The zero-order chi connectivity index (χ0) is 9.84. The zero-order valence-corrected chi connectivity index (χ0v) is 7.02. The van der Waals surface area contributed by atoms with E-state index in [1.54, 1.807) is 0 Å². The summed E-state index contributed by atoms with van der Waals surface area (Å²) in [6, 6.07) is 0. The third kappa shape index (κ3) is 2.08. The monoisotopic (exact) mass is 180 g/mol. The van der Waals surface area contributed by atoms with Crippen molar-refractivity contribution >= 4 is 11.8 Å². The second-order valence-corrected chi connectivity index (χ2v) is 2.38. The summed E-state index contributed by atoms with van der Waals surface area (Å²) in [5, 5.41) is 8.36. The Morgan fingerprint density at radius 3 is 2.31 bits per heavy atom. The van der Waals surface area contributed by atoms with Gasteiger partial charge in [0, 0.05) is 18.8 Å². The molecule has 0 aliphatic carbocycles. The molecule has 0 spiro atoms. The van der Waals surface area contributed by atoms with Gasteiger partial charge in [-0.1, -0.05) is 6.92 Å². The molecule has 1 N–H and O–H groups in total. The van der Waals surface area contributed by atoms with Gasteiger partial charge in [-0.3, -0.25) is 4.79 Å². The lowest BCUT2D eigenvalue weighted by Crippen LogP contribution is -2.13. The predicted octanol–water partition coefficient (Wildman–Crippen LogP) is 0.306. The molecule has 0 saturated heterocycles. The molecule has 0 unspecified atom stereocenters. The van der Waals surface area contributed by atoms with Crippen LogP contribution >= 0.6 is 0 Å². The first-order chi connectivity index (χ1) is 6.15. The fourth-order valence-electron chi connectivity index (χ4n) is 0.778. The maximum atomic E-state index is 10.9. The highest BCUT2D eigenvalue weighted by atomic mass is 16.4. The van der Waals surface area contributed by atoms with Gasteiger partial charge in [0.1, 0.15) is 5.82 Å². The Kier molecular flexibility index (Phi) is 2.69. The average Bonchev–Trinajstić information content (AvgIpc) is 2.17. The number of hydrogen-bond donors (Lipinski definition) is 1. The topological polar surface area (TPSA) is 80.2 Å². The molecule has 5 nitrogen and oxygen atoms in total. The van der Waals surface area contributed by atoms with Gasteiger partial charge in [0.15, 0.2) is 0 Å².